The predicted molar refractivity (Wildman–Crippen MR) is 78.7 cm³/mol. The van der Waals surface area contributed by atoms with E-state index in [0.717, 1.165) is 0 Å². The Balaban J connectivity index is 3.05. The van der Waals surface area contributed by atoms with Crippen LogP contribution in [0.1, 0.15) is 25.5 Å². The van der Waals surface area contributed by atoms with E-state index < -0.39 is 0 Å². The van der Waals surface area contributed by atoms with E-state index in [0.29, 0.717) is 12.1 Å². The van der Waals surface area contributed by atoms with Gasteiger partial charge in [-0.15, -0.1) is 0 Å². The van der Waals surface area contributed by atoms with Crippen molar-refractivity contribution in [3.05, 3.63) is 35.6 Å². The molecule has 0 aliphatic rings. The minimum atomic E-state index is -0.315. The molecule has 0 fully saturated rings. The first-order chi connectivity index (χ1) is 9.38. The van der Waals surface area contributed by atoms with E-state index in [-0.39, 0.29) is 30.4 Å². The van der Waals surface area contributed by atoms with Crippen molar-refractivity contribution in [2.24, 2.45) is 5.73 Å². The molecular weight excluding hydrogens is 257 g/mol. The van der Waals surface area contributed by atoms with Gasteiger partial charge < -0.3 is 10.6 Å². The Labute approximate surface area is 120 Å². The second kappa shape index (κ2) is 7.36. The van der Waals surface area contributed by atoms with Crippen LogP contribution >= 0.6 is 0 Å². The number of benzene rings is 1. The molecule has 0 spiro atoms. The molecular formula is C15H24FN3O. The zero-order valence-corrected chi connectivity index (χ0v) is 12.6. The maximum absolute atomic E-state index is 14.0. The summed E-state index contributed by atoms with van der Waals surface area (Å²) in [5.41, 5.74) is 6.57. The van der Waals surface area contributed by atoms with Gasteiger partial charge in [-0.3, -0.25) is 9.69 Å². The zero-order valence-electron chi connectivity index (χ0n) is 12.6. The molecule has 2 N–H and O–H groups in total. The van der Waals surface area contributed by atoms with Gasteiger partial charge >= 0.3 is 0 Å². The fraction of sp³-hybridized carbons (Fsp3) is 0.533. The number of carbonyl (C=O) groups is 1. The molecule has 0 radical (unpaired) electrons. The minimum absolute atomic E-state index is 0.0196. The van der Waals surface area contributed by atoms with Gasteiger partial charge in [-0.25, -0.2) is 4.39 Å². The molecule has 1 amide bonds. The SMILES string of the molecule is CCN(CC(=O)N(C)C)C(c1ccccc1F)C(C)N. The quantitative estimate of drug-likeness (QED) is 0.862. The van der Waals surface area contributed by atoms with E-state index in [9.17, 15) is 9.18 Å². The van der Waals surface area contributed by atoms with Crippen molar-refractivity contribution in [3.8, 4) is 0 Å². The Morgan fingerprint density at radius 3 is 2.40 bits per heavy atom. The van der Waals surface area contributed by atoms with Gasteiger partial charge in [0.25, 0.3) is 0 Å². The van der Waals surface area contributed by atoms with Crippen molar-refractivity contribution in [3.63, 3.8) is 0 Å². The van der Waals surface area contributed by atoms with Crippen LogP contribution in [0.5, 0.6) is 0 Å². The monoisotopic (exact) mass is 281 g/mol. The van der Waals surface area contributed by atoms with Gasteiger partial charge in [0.15, 0.2) is 0 Å². The number of nitrogens with two attached hydrogens (primary N) is 1. The standard InChI is InChI=1S/C15H24FN3O/c1-5-19(10-14(20)18(3)4)15(11(2)17)12-8-6-7-9-13(12)16/h6-9,11,15H,5,10,17H2,1-4H3. The number of nitrogens with zero attached hydrogens (tertiary/aromatic N) is 2. The molecule has 0 aliphatic heterocycles. The van der Waals surface area contributed by atoms with Crippen molar-refractivity contribution in [1.82, 2.24) is 9.80 Å². The smallest absolute Gasteiger partial charge is 0.236 e. The fourth-order valence-electron chi connectivity index (χ4n) is 2.25. The maximum atomic E-state index is 14.0. The van der Waals surface area contributed by atoms with Gasteiger partial charge in [0.05, 0.1) is 12.6 Å². The van der Waals surface area contributed by atoms with Crippen LogP contribution in [0.2, 0.25) is 0 Å². The zero-order chi connectivity index (χ0) is 15.3. The first-order valence-electron chi connectivity index (χ1n) is 6.82. The Kier molecular flexibility index (Phi) is 6.10. The average molecular weight is 281 g/mol. The summed E-state index contributed by atoms with van der Waals surface area (Å²) in [7, 11) is 3.42. The van der Waals surface area contributed by atoms with E-state index in [2.05, 4.69) is 0 Å². The summed E-state index contributed by atoms with van der Waals surface area (Å²) in [6.07, 6.45) is 0. The van der Waals surface area contributed by atoms with Crippen LogP contribution < -0.4 is 5.73 Å². The van der Waals surface area contributed by atoms with Gasteiger partial charge in [-0.1, -0.05) is 25.1 Å². The van der Waals surface area contributed by atoms with Crippen LogP contribution in [0.3, 0.4) is 0 Å². The topological polar surface area (TPSA) is 49.6 Å². The van der Waals surface area contributed by atoms with Crippen LogP contribution in [0, 0.1) is 5.82 Å². The van der Waals surface area contributed by atoms with E-state index in [4.69, 9.17) is 5.73 Å². The van der Waals surface area contributed by atoms with Crippen molar-refractivity contribution in [2.75, 3.05) is 27.2 Å². The molecule has 0 heterocycles. The maximum Gasteiger partial charge on any atom is 0.236 e. The Hall–Kier alpha value is -1.46. The molecule has 4 nitrogen and oxygen atoms in total. The number of likely N-dealkylation sites (N-methyl/N-ethyl adjacent to an activating group) is 2. The number of hydrogen-bond acceptors (Lipinski definition) is 3. The van der Waals surface area contributed by atoms with E-state index in [1.807, 2.05) is 18.7 Å². The van der Waals surface area contributed by atoms with Gasteiger partial charge in [0.1, 0.15) is 5.82 Å². The predicted octanol–water partition coefficient (Wildman–Crippen LogP) is 1.62. The van der Waals surface area contributed by atoms with Crippen molar-refractivity contribution >= 4 is 5.91 Å². The lowest BCUT2D eigenvalue weighted by Gasteiger charge is -2.34. The molecule has 0 saturated carbocycles. The van der Waals surface area contributed by atoms with Gasteiger partial charge in [-0.2, -0.15) is 0 Å². The summed E-state index contributed by atoms with van der Waals surface area (Å²) >= 11 is 0. The summed E-state index contributed by atoms with van der Waals surface area (Å²) < 4.78 is 14.0. The normalized spacial score (nSPS) is 14.2. The first-order valence-corrected chi connectivity index (χ1v) is 6.82. The molecule has 2 atom stereocenters. The van der Waals surface area contributed by atoms with Crippen LogP contribution in [0.15, 0.2) is 24.3 Å². The fourth-order valence-corrected chi connectivity index (χ4v) is 2.25. The lowest BCUT2D eigenvalue weighted by Crippen LogP contribution is -2.44. The highest BCUT2D eigenvalue weighted by atomic mass is 19.1. The van der Waals surface area contributed by atoms with Crippen LogP contribution in [-0.2, 0) is 4.79 Å². The Morgan fingerprint density at radius 1 is 1.35 bits per heavy atom. The second-order valence-electron chi connectivity index (χ2n) is 5.18. The number of halogens is 1. The largest absolute Gasteiger partial charge is 0.348 e. The van der Waals surface area contributed by atoms with Crippen LogP contribution in [-0.4, -0.2) is 48.9 Å². The summed E-state index contributed by atoms with van der Waals surface area (Å²) in [6, 6.07) is 6.00. The highest BCUT2D eigenvalue weighted by Crippen LogP contribution is 2.25. The molecule has 0 aliphatic carbocycles. The molecule has 1 aromatic carbocycles. The third-order valence-electron chi connectivity index (χ3n) is 3.36. The van der Waals surface area contributed by atoms with Gasteiger partial charge in [-0.05, 0) is 19.5 Å². The molecule has 2 unspecified atom stereocenters. The van der Waals surface area contributed by atoms with E-state index >= 15 is 0 Å². The highest BCUT2D eigenvalue weighted by molar-refractivity contribution is 5.77. The molecule has 0 saturated heterocycles. The molecule has 1 aromatic rings. The Morgan fingerprint density at radius 2 is 1.95 bits per heavy atom. The van der Waals surface area contributed by atoms with Gasteiger partial charge in [0.2, 0.25) is 5.91 Å². The summed E-state index contributed by atoms with van der Waals surface area (Å²) in [5.74, 6) is -0.306. The molecule has 112 valence electrons. The van der Waals surface area contributed by atoms with Crippen LogP contribution in [0.25, 0.3) is 0 Å². The van der Waals surface area contributed by atoms with E-state index in [1.54, 1.807) is 32.3 Å². The molecule has 20 heavy (non-hydrogen) atoms. The molecule has 1 rings (SSSR count). The first kappa shape index (κ1) is 16.6. The van der Waals surface area contributed by atoms with Crippen molar-refractivity contribution in [1.29, 1.82) is 0 Å². The Bertz CT molecular complexity index is 448. The number of carbonyl (C=O) groups excluding carboxylic acids is 1. The highest BCUT2D eigenvalue weighted by Gasteiger charge is 2.27. The third kappa shape index (κ3) is 4.02. The summed E-state index contributed by atoms with van der Waals surface area (Å²) in [4.78, 5) is 15.3. The number of amides is 1. The lowest BCUT2D eigenvalue weighted by atomic mass is 9.98. The average Bonchev–Trinajstić information content (AvgIpc) is 2.39. The summed E-state index contributed by atoms with van der Waals surface area (Å²) in [6.45, 7) is 4.63. The number of rotatable bonds is 6. The number of hydrogen-bond donors (Lipinski definition) is 1. The second-order valence-corrected chi connectivity index (χ2v) is 5.18. The molecule has 0 aromatic heterocycles. The van der Waals surface area contributed by atoms with Crippen molar-refractivity contribution in [2.45, 2.75) is 25.9 Å². The van der Waals surface area contributed by atoms with Gasteiger partial charge in [0, 0.05) is 25.7 Å². The minimum Gasteiger partial charge on any atom is -0.348 e. The molecule has 0 bridgehead atoms. The summed E-state index contributed by atoms with van der Waals surface area (Å²) in [5, 5.41) is 0. The van der Waals surface area contributed by atoms with Crippen molar-refractivity contribution < 1.29 is 9.18 Å². The lowest BCUT2D eigenvalue weighted by molar-refractivity contribution is -0.130. The van der Waals surface area contributed by atoms with E-state index in [1.165, 1.54) is 11.0 Å². The van der Waals surface area contributed by atoms with Crippen LogP contribution in [0.4, 0.5) is 4.39 Å². The molecule has 5 heteroatoms. The third-order valence-corrected chi connectivity index (χ3v) is 3.36.